The van der Waals surface area contributed by atoms with E-state index in [1.165, 1.54) is 0 Å². The maximum atomic E-state index is 11.0. The largest absolute Gasteiger partial charge is 0.481 e. The van der Waals surface area contributed by atoms with E-state index < -0.39 is 20.2 Å². The van der Waals surface area contributed by atoms with Crippen LogP contribution in [0.4, 0.5) is 0 Å². The highest BCUT2D eigenvalue weighted by Gasteiger charge is 2.40. The molecule has 0 unspecified atom stereocenters. The van der Waals surface area contributed by atoms with Crippen LogP contribution in [0.3, 0.4) is 0 Å². The van der Waals surface area contributed by atoms with Crippen LogP contribution in [-0.4, -0.2) is 25.5 Å². The normalized spacial score (nSPS) is 16.9. The summed E-state index contributed by atoms with van der Waals surface area (Å²) in [6.07, 6.45) is 0.582. The topological polar surface area (TPSA) is 46.5 Å². The van der Waals surface area contributed by atoms with Gasteiger partial charge in [0.1, 0.15) is 0 Å². The van der Waals surface area contributed by atoms with Gasteiger partial charge in [-0.05, 0) is 31.5 Å². The lowest BCUT2D eigenvalue weighted by Gasteiger charge is -2.40. The fourth-order valence-electron chi connectivity index (χ4n) is 1.25. The van der Waals surface area contributed by atoms with Gasteiger partial charge in [-0.2, -0.15) is 0 Å². The maximum Gasteiger partial charge on any atom is 0.308 e. The van der Waals surface area contributed by atoms with Gasteiger partial charge in [0, 0.05) is 0 Å². The van der Waals surface area contributed by atoms with Gasteiger partial charge in [-0.25, -0.2) is 0 Å². The zero-order chi connectivity index (χ0) is 13.1. The van der Waals surface area contributed by atoms with E-state index in [1.54, 1.807) is 6.92 Å². The van der Waals surface area contributed by atoms with Crippen LogP contribution < -0.4 is 0 Å². The average Bonchev–Trinajstić information content (AvgIpc) is 2.11. The Morgan fingerprint density at radius 3 is 2.06 bits per heavy atom. The first kappa shape index (κ1) is 15.6. The molecule has 0 spiro atoms. The molecule has 0 aromatic carbocycles. The molecule has 4 heteroatoms. The molecule has 1 N–H and O–H groups in total. The monoisotopic (exact) mass is 246 g/mol. The molecule has 0 fully saturated rings. The van der Waals surface area contributed by atoms with E-state index in [9.17, 15) is 4.79 Å². The minimum absolute atomic E-state index is 0.124. The third-order valence-corrected chi connectivity index (χ3v) is 8.11. The van der Waals surface area contributed by atoms with Gasteiger partial charge < -0.3 is 9.53 Å². The number of carbonyl (C=O) groups is 1. The lowest BCUT2D eigenvalue weighted by molar-refractivity contribution is -0.144. The highest BCUT2D eigenvalue weighted by molar-refractivity contribution is 6.74. The molecule has 0 aromatic heterocycles. The predicted molar refractivity (Wildman–Crippen MR) is 69.2 cm³/mol. The number of hydrogen-bond acceptors (Lipinski definition) is 2. The second-order valence-electron chi connectivity index (χ2n) is 5.95. The van der Waals surface area contributed by atoms with Crippen molar-refractivity contribution in [2.24, 2.45) is 5.92 Å². The standard InChI is InChI=1S/C12H26O3Si/c1-8-10(9(2)11(13)14)15-16(6,7)12(3,4)5/h9-10H,8H2,1-7H3,(H,13,14)/t9-,10-/m0/s1. The Morgan fingerprint density at radius 1 is 1.38 bits per heavy atom. The molecular formula is C12H26O3Si. The van der Waals surface area contributed by atoms with E-state index in [0.29, 0.717) is 0 Å². The Hall–Kier alpha value is -0.353. The Balaban J connectivity index is 4.73. The molecule has 0 saturated heterocycles. The Labute approximate surface area is 100 Å². The van der Waals surface area contributed by atoms with Gasteiger partial charge in [0.2, 0.25) is 0 Å². The summed E-state index contributed by atoms with van der Waals surface area (Å²) in [5.41, 5.74) is 0. The Bertz CT molecular complexity index is 243. The van der Waals surface area contributed by atoms with Crippen LogP contribution >= 0.6 is 0 Å². The second-order valence-corrected chi connectivity index (χ2v) is 10.7. The number of carboxylic acid groups (broad SMARTS) is 1. The van der Waals surface area contributed by atoms with Crippen molar-refractivity contribution >= 4 is 14.3 Å². The molecule has 0 heterocycles. The Morgan fingerprint density at radius 2 is 1.81 bits per heavy atom. The third kappa shape index (κ3) is 3.90. The highest BCUT2D eigenvalue weighted by Crippen LogP contribution is 2.38. The van der Waals surface area contributed by atoms with E-state index >= 15 is 0 Å². The number of carboxylic acids is 1. The number of aliphatic carboxylic acids is 1. The first-order chi connectivity index (χ1) is 7.03. The molecular weight excluding hydrogens is 220 g/mol. The molecule has 0 aromatic rings. The van der Waals surface area contributed by atoms with E-state index in [-0.39, 0.29) is 11.1 Å². The summed E-state index contributed by atoms with van der Waals surface area (Å²) < 4.78 is 6.13. The summed E-state index contributed by atoms with van der Waals surface area (Å²) in [5, 5.41) is 9.14. The molecule has 0 amide bonds. The van der Waals surface area contributed by atoms with Crippen molar-refractivity contribution in [3.05, 3.63) is 0 Å². The van der Waals surface area contributed by atoms with Crippen LogP contribution in [0.2, 0.25) is 18.1 Å². The zero-order valence-corrected chi connectivity index (χ0v) is 12.6. The maximum absolute atomic E-state index is 11.0. The van der Waals surface area contributed by atoms with Crippen molar-refractivity contribution in [2.75, 3.05) is 0 Å². The highest BCUT2D eigenvalue weighted by atomic mass is 28.4. The molecule has 0 radical (unpaired) electrons. The number of hydrogen-bond donors (Lipinski definition) is 1. The van der Waals surface area contributed by atoms with Crippen LogP contribution in [0.1, 0.15) is 41.0 Å². The first-order valence-electron chi connectivity index (χ1n) is 5.93. The average molecular weight is 246 g/mol. The molecule has 2 atom stereocenters. The van der Waals surface area contributed by atoms with Crippen LogP contribution in [0.25, 0.3) is 0 Å². The summed E-state index contributed by atoms with van der Waals surface area (Å²) in [4.78, 5) is 11.0. The molecule has 0 rings (SSSR count). The van der Waals surface area contributed by atoms with Gasteiger partial charge in [-0.15, -0.1) is 0 Å². The lowest BCUT2D eigenvalue weighted by Crippen LogP contribution is -2.46. The molecule has 96 valence electrons. The minimum Gasteiger partial charge on any atom is -0.481 e. The summed E-state index contributed by atoms with van der Waals surface area (Å²) in [6.45, 7) is 14.5. The van der Waals surface area contributed by atoms with Gasteiger partial charge in [-0.3, -0.25) is 4.79 Å². The summed E-state index contributed by atoms with van der Waals surface area (Å²) in [7, 11) is -1.86. The van der Waals surface area contributed by atoms with E-state index in [1.807, 2.05) is 6.92 Å². The van der Waals surface area contributed by atoms with Crippen molar-refractivity contribution in [3.8, 4) is 0 Å². The molecule has 3 nitrogen and oxygen atoms in total. The SMILES string of the molecule is CC[C@H](O[Si](C)(C)C(C)(C)C)[C@H](C)C(=O)O. The Kier molecular flexibility index (Phi) is 5.20. The smallest absolute Gasteiger partial charge is 0.308 e. The van der Waals surface area contributed by atoms with Crippen molar-refractivity contribution in [1.82, 2.24) is 0 Å². The second kappa shape index (κ2) is 5.32. The van der Waals surface area contributed by atoms with E-state index in [2.05, 4.69) is 33.9 Å². The van der Waals surface area contributed by atoms with E-state index in [4.69, 9.17) is 9.53 Å². The molecule has 0 aliphatic rings. The molecule has 0 saturated carbocycles. The van der Waals surface area contributed by atoms with Crippen molar-refractivity contribution in [1.29, 1.82) is 0 Å². The predicted octanol–water partition coefficient (Wildman–Crippen LogP) is 3.51. The first-order valence-corrected chi connectivity index (χ1v) is 8.84. The van der Waals surface area contributed by atoms with Crippen LogP contribution in [-0.2, 0) is 9.22 Å². The van der Waals surface area contributed by atoms with Gasteiger partial charge >= 0.3 is 5.97 Å². The van der Waals surface area contributed by atoms with Gasteiger partial charge in [0.05, 0.1) is 12.0 Å². The van der Waals surface area contributed by atoms with Crippen molar-refractivity contribution < 1.29 is 14.3 Å². The fraction of sp³-hybridized carbons (Fsp3) is 0.917. The minimum atomic E-state index is -1.86. The van der Waals surface area contributed by atoms with Crippen molar-refractivity contribution in [2.45, 2.75) is 65.3 Å². The molecule has 0 aliphatic heterocycles. The summed E-state index contributed by atoms with van der Waals surface area (Å²) in [5.74, 6) is -1.20. The zero-order valence-electron chi connectivity index (χ0n) is 11.6. The van der Waals surface area contributed by atoms with Crippen molar-refractivity contribution in [3.63, 3.8) is 0 Å². The number of rotatable bonds is 5. The lowest BCUT2D eigenvalue weighted by atomic mass is 10.0. The van der Waals surface area contributed by atoms with Crippen LogP contribution in [0.15, 0.2) is 0 Å². The molecule has 0 aliphatic carbocycles. The van der Waals surface area contributed by atoms with Crippen LogP contribution in [0.5, 0.6) is 0 Å². The quantitative estimate of drug-likeness (QED) is 0.755. The third-order valence-electron chi connectivity index (χ3n) is 3.60. The van der Waals surface area contributed by atoms with E-state index in [0.717, 1.165) is 6.42 Å². The van der Waals surface area contributed by atoms with Crippen LogP contribution in [0, 0.1) is 5.92 Å². The van der Waals surface area contributed by atoms with Gasteiger partial charge in [0.15, 0.2) is 8.32 Å². The molecule has 16 heavy (non-hydrogen) atoms. The van der Waals surface area contributed by atoms with Gasteiger partial charge in [0.25, 0.3) is 0 Å². The van der Waals surface area contributed by atoms with Gasteiger partial charge in [-0.1, -0.05) is 27.7 Å². The fourth-order valence-corrected chi connectivity index (χ4v) is 2.73. The summed E-state index contributed by atoms with van der Waals surface area (Å²) >= 11 is 0. The summed E-state index contributed by atoms with van der Waals surface area (Å²) in [6, 6.07) is 0. The molecule has 0 bridgehead atoms.